The fraction of sp³-hybridized carbons (Fsp3) is 0.0455. The monoisotopic (exact) mass is 407 g/mol. The minimum atomic E-state index is -0.522. The molecule has 0 spiro atoms. The quantitative estimate of drug-likeness (QED) is 0.572. The number of halogens is 1. The molecule has 3 N–H and O–H groups in total. The second kappa shape index (κ2) is 9.03. The molecule has 0 aliphatic heterocycles. The molecular weight excluding hydrogens is 390 g/mol. The van der Waals surface area contributed by atoms with Crippen LogP contribution in [0.15, 0.2) is 72.8 Å². The van der Waals surface area contributed by atoms with E-state index in [1.165, 1.54) is 0 Å². The summed E-state index contributed by atoms with van der Waals surface area (Å²) >= 11 is 5.96. The molecule has 0 saturated carbocycles. The van der Waals surface area contributed by atoms with Crippen LogP contribution >= 0.6 is 11.6 Å². The lowest BCUT2D eigenvalue weighted by Crippen LogP contribution is -2.41. The van der Waals surface area contributed by atoms with Gasteiger partial charge in [-0.05, 0) is 55.5 Å². The minimum absolute atomic E-state index is 0.238. The third kappa shape index (κ3) is 5.21. The van der Waals surface area contributed by atoms with E-state index in [0.717, 1.165) is 5.56 Å². The number of nitrogens with one attached hydrogen (secondary N) is 3. The molecule has 3 aromatic carbocycles. The average Bonchev–Trinajstić information content (AvgIpc) is 2.72. The van der Waals surface area contributed by atoms with Crippen LogP contribution in [0.4, 0.5) is 5.69 Å². The Kier molecular flexibility index (Phi) is 6.26. The normalized spacial score (nSPS) is 10.1. The van der Waals surface area contributed by atoms with Gasteiger partial charge in [0.05, 0.1) is 10.6 Å². The summed E-state index contributed by atoms with van der Waals surface area (Å²) in [4.78, 5) is 36.6. The molecule has 0 saturated heterocycles. The first kappa shape index (κ1) is 20.1. The highest BCUT2D eigenvalue weighted by atomic mass is 35.5. The van der Waals surface area contributed by atoms with Crippen LogP contribution in [0, 0.1) is 6.92 Å². The highest BCUT2D eigenvalue weighted by molar-refractivity contribution is 6.33. The summed E-state index contributed by atoms with van der Waals surface area (Å²) < 4.78 is 0. The zero-order chi connectivity index (χ0) is 20.8. The van der Waals surface area contributed by atoms with Crippen molar-refractivity contribution in [3.63, 3.8) is 0 Å². The van der Waals surface area contributed by atoms with E-state index < -0.39 is 11.8 Å². The second-order valence-electron chi connectivity index (χ2n) is 6.29. The number of carbonyl (C=O) groups excluding carboxylic acids is 3. The van der Waals surface area contributed by atoms with Crippen LogP contribution in [0.2, 0.25) is 5.02 Å². The highest BCUT2D eigenvalue weighted by Crippen LogP contribution is 2.15. The average molecular weight is 408 g/mol. The fourth-order valence-corrected chi connectivity index (χ4v) is 2.81. The van der Waals surface area contributed by atoms with Crippen LogP contribution in [-0.4, -0.2) is 17.7 Å². The van der Waals surface area contributed by atoms with E-state index in [-0.39, 0.29) is 16.5 Å². The second-order valence-corrected chi connectivity index (χ2v) is 6.70. The van der Waals surface area contributed by atoms with Gasteiger partial charge in [0.1, 0.15) is 0 Å². The van der Waals surface area contributed by atoms with E-state index in [2.05, 4.69) is 16.2 Å². The van der Waals surface area contributed by atoms with Crippen LogP contribution in [-0.2, 0) is 0 Å². The van der Waals surface area contributed by atoms with Crippen LogP contribution in [0.5, 0.6) is 0 Å². The Bertz CT molecular complexity index is 1060. The molecule has 0 atom stereocenters. The molecule has 0 heterocycles. The van der Waals surface area contributed by atoms with Gasteiger partial charge in [-0.25, -0.2) is 0 Å². The van der Waals surface area contributed by atoms with Crippen molar-refractivity contribution >= 4 is 35.0 Å². The van der Waals surface area contributed by atoms with Gasteiger partial charge in [-0.15, -0.1) is 0 Å². The number of carbonyl (C=O) groups is 3. The van der Waals surface area contributed by atoms with Crippen molar-refractivity contribution in [3.05, 3.63) is 100 Å². The fourth-order valence-electron chi connectivity index (χ4n) is 2.59. The third-order valence-electron chi connectivity index (χ3n) is 4.09. The van der Waals surface area contributed by atoms with Gasteiger partial charge in [-0.3, -0.25) is 25.2 Å². The summed E-state index contributed by atoms with van der Waals surface area (Å²) in [5, 5.41) is 3.06. The van der Waals surface area contributed by atoms with Gasteiger partial charge < -0.3 is 5.32 Å². The Morgan fingerprint density at radius 2 is 1.41 bits per heavy atom. The number of benzene rings is 3. The lowest BCUT2D eigenvalue weighted by molar-refractivity contribution is 0.0847. The van der Waals surface area contributed by atoms with E-state index in [1.807, 2.05) is 19.1 Å². The zero-order valence-corrected chi connectivity index (χ0v) is 16.3. The minimum Gasteiger partial charge on any atom is -0.322 e. The SMILES string of the molecule is Cc1cccc(C(=O)Nc2ccc(C(=O)NNC(=O)c3ccccc3Cl)cc2)c1. The van der Waals surface area contributed by atoms with E-state index >= 15 is 0 Å². The Hall–Kier alpha value is -3.64. The number of rotatable bonds is 4. The molecule has 0 radical (unpaired) electrons. The first-order valence-electron chi connectivity index (χ1n) is 8.77. The Balaban J connectivity index is 1.58. The topological polar surface area (TPSA) is 87.3 Å². The van der Waals surface area contributed by atoms with Crippen LogP contribution in [0.3, 0.4) is 0 Å². The summed E-state index contributed by atoms with van der Waals surface area (Å²) in [6.45, 7) is 1.91. The van der Waals surface area contributed by atoms with Crippen molar-refractivity contribution in [1.82, 2.24) is 10.9 Å². The van der Waals surface area contributed by atoms with Gasteiger partial charge in [-0.2, -0.15) is 0 Å². The first-order chi connectivity index (χ1) is 13.9. The number of aryl methyl sites for hydroxylation is 1. The maximum Gasteiger partial charge on any atom is 0.271 e. The number of anilines is 1. The summed E-state index contributed by atoms with van der Waals surface area (Å²) in [5.41, 5.74) is 7.31. The van der Waals surface area contributed by atoms with Crippen LogP contribution in [0.25, 0.3) is 0 Å². The van der Waals surface area contributed by atoms with Gasteiger partial charge in [0.15, 0.2) is 0 Å². The molecule has 0 fully saturated rings. The maximum absolute atomic E-state index is 12.3. The Morgan fingerprint density at radius 1 is 0.724 bits per heavy atom. The van der Waals surface area contributed by atoms with Crippen molar-refractivity contribution in [2.75, 3.05) is 5.32 Å². The Morgan fingerprint density at radius 3 is 2.10 bits per heavy atom. The molecule has 3 amide bonds. The van der Waals surface area contributed by atoms with E-state index in [9.17, 15) is 14.4 Å². The molecule has 0 unspecified atom stereocenters. The van der Waals surface area contributed by atoms with E-state index in [4.69, 9.17) is 11.6 Å². The molecule has 146 valence electrons. The van der Waals surface area contributed by atoms with Gasteiger partial charge in [0.25, 0.3) is 17.7 Å². The van der Waals surface area contributed by atoms with E-state index in [1.54, 1.807) is 60.7 Å². The first-order valence-corrected chi connectivity index (χ1v) is 9.15. The molecule has 0 bridgehead atoms. The molecular formula is C22H18ClN3O3. The van der Waals surface area contributed by atoms with Gasteiger partial charge in [0, 0.05) is 16.8 Å². The summed E-state index contributed by atoms with van der Waals surface area (Å²) in [6.07, 6.45) is 0. The molecule has 29 heavy (non-hydrogen) atoms. The predicted octanol–water partition coefficient (Wildman–Crippen LogP) is 3.98. The van der Waals surface area contributed by atoms with Gasteiger partial charge in [0.2, 0.25) is 0 Å². The highest BCUT2D eigenvalue weighted by Gasteiger charge is 2.12. The third-order valence-corrected chi connectivity index (χ3v) is 4.42. The molecule has 3 rings (SSSR count). The zero-order valence-electron chi connectivity index (χ0n) is 15.5. The molecule has 7 heteroatoms. The number of hydrazine groups is 1. The lowest BCUT2D eigenvalue weighted by Gasteiger charge is -2.09. The van der Waals surface area contributed by atoms with Crippen molar-refractivity contribution in [3.8, 4) is 0 Å². The largest absolute Gasteiger partial charge is 0.322 e. The predicted molar refractivity (Wildman–Crippen MR) is 112 cm³/mol. The molecule has 0 aliphatic rings. The molecule has 0 aliphatic carbocycles. The lowest BCUT2D eigenvalue weighted by atomic mass is 10.1. The number of hydrogen-bond donors (Lipinski definition) is 3. The van der Waals surface area contributed by atoms with Crippen LogP contribution in [0.1, 0.15) is 36.6 Å². The van der Waals surface area contributed by atoms with Crippen LogP contribution < -0.4 is 16.2 Å². The van der Waals surface area contributed by atoms with Crippen molar-refractivity contribution in [2.24, 2.45) is 0 Å². The molecule has 3 aromatic rings. The number of hydrogen-bond acceptors (Lipinski definition) is 3. The molecule has 0 aromatic heterocycles. The molecule has 6 nitrogen and oxygen atoms in total. The Labute approximate surface area is 172 Å². The summed E-state index contributed by atoms with van der Waals surface area (Å²) in [7, 11) is 0. The van der Waals surface area contributed by atoms with Crippen molar-refractivity contribution in [2.45, 2.75) is 6.92 Å². The van der Waals surface area contributed by atoms with Gasteiger partial charge >= 0.3 is 0 Å². The number of amides is 3. The van der Waals surface area contributed by atoms with E-state index in [0.29, 0.717) is 16.8 Å². The summed E-state index contributed by atoms with van der Waals surface area (Å²) in [6, 6.07) is 20.1. The van der Waals surface area contributed by atoms with Crippen molar-refractivity contribution < 1.29 is 14.4 Å². The van der Waals surface area contributed by atoms with Gasteiger partial charge in [-0.1, -0.05) is 41.4 Å². The summed E-state index contributed by atoms with van der Waals surface area (Å²) in [5.74, 6) is -1.26. The smallest absolute Gasteiger partial charge is 0.271 e. The maximum atomic E-state index is 12.3. The van der Waals surface area contributed by atoms with Crippen molar-refractivity contribution in [1.29, 1.82) is 0 Å². The standard InChI is InChI=1S/C22H18ClN3O3/c1-14-5-4-6-16(13-14)20(27)24-17-11-9-15(10-12-17)21(28)25-26-22(29)18-7-2-3-8-19(18)23/h2-13H,1H3,(H,24,27)(H,25,28)(H,26,29).